The van der Waals surface area contributed by atoms with E-state index in [1.165, 1.54) is 25.7 Å². The van der Waals surface area contributed by atoms with Crippen LogP contribution in [0.25, 0.3) is 10.9 Å². The summed E-state index contributed by atoms with van der Waals surface area (Å²) in [5, 5.41) is 4.66. The third-order valence-corrected chi connectivity index (χ3v) is 6.03. The van der Waals surface area contributed by atoms with Gasteiger partial charge >= 0.3 is 0 Å². The van der Waals surface area contributed by atoms with Crippen molar-refractivity contribution >= 4 is 22.7 Å². The van der Waals surface area contributed by atoms with Crippen LogP contribution >= 0.6 is 11.8 Å². The van der Waals surface area contributed by atoms with E-state index in [9.17, 15) is 4.79 Å². The van der Waals surface area contributed by atoms with Gasteiger partial charge in [0.05, 0.1) is 23.3 Å². The fraction of sp³-hybridized carbons (Fsp3) is 0.579. The SMILES string of the molecule is C.O=c1[nH]c(CSC2CCNCC2)nc2cc(OCC3CC3)ccc12. The molecule has 1 aromatic carbocycles. The van der Waals surface area contributed by atoms with Gasteiger partial charge in [-0.05, 0) is 56.8 Å². The lowest BCUT2D eigenvalue weighted by Gasteiger charge is -2.21. The van der Waals surface area contributed by atoms with E-state index >= 15 is 0 Å². The Morgan fingerprint density at radius 2 is 2.00 bits per heavy atom. The first-order chi connectivity index (χ1) is 11.8. The van der Waals surface area contributed by atoms with Gasteiger partial charge < -0.3 is 15.0 Å². The summed E-state index contributed by atoms with van der Waals surface area (Å²) < 4.78 is 5.81. The summed E-state index contributed by atoms with van der Waals surface area (Å²) in [4.78, 5) is 19.9. The molecule has 2 aromatic rings. The van der Waals surface area contributed by atoms with Crippen molar-refractivity contribution in [2.24, 2.45) is 5.92 Å². The maximum atomic E-state index is 12.3. The molecule has 0 atom stereocenters. The maximum absolute atomic E-state index is 12.3. The number of piperidine rings is 1. The Kier molecular flexibility index (Phi) is 6.02. The van der Waals surface area contributed by atoms with Crippen molar-refractivity contribution in [2.75, 3.05) is 19.7 Å². The van der Waals surface area contributed by atoms with E-state index in [4.69, 9.17) is 4.74 Å². The van der Waals surface area contributed by atoms with Gasteiger partial charge in [0.1, 0.15) is 11.6 Å². The Labute approximate surface area is 153 Å². The summed E-state index contributed by atoms with van der Waals surface area (Å²) in [6, 6.07) is 5.57. The lowest BCUT2D eigenvalue weighted by Crippen LogP contribution is -2.29. The molecule has 0 bridgehead atoms. The normalized spacial score (nSPS) is 18.1. The van der Waals surface area contributed by atoms with Crippen LogP contribution in [-0.2, 0) is 5.75 Å². The third-order valence-electron chi connectivity index (χ3n) is 4.65. The fourth-order valence-electron chi connectivity index (χ4n) is 2.98. The number of H-pyrrole nitrogens is 1. The molecule has 5 nitrogen and oxygen atoms in total. The molecule has 2 N–H and O–H groups in total. The summed E-state index contributed by atoms with van der Waals surface area (Å²) >= 11 is 1.89. The molecule has 1 saturated heterocycles. The van der Waals surface area contributed by atoms with Crippen molar-refractivity contribution in [1.29, 1.82) is 0 Å². The topological polar surface area (TPSA) is 67.0 Å². The fourth-order valence-corrected chi connectivity index (χ4v) is 4.08. The highest BCUT2D eigenvalue weighted by atomic mass is 32.2. The average molecular weight is 362 g/mol. The molecule has 25 heavy (non-hydrogen) atoms. The van der Waals surface area contributed by atoms with Crippen LogP contribution in [0.15, 0.2) is 23.0 Å². The monoisotopic (exact) mass is 361 g/mol. The molecule has 1 aromatic heterocycles. The first kappa shape index (κ1) is 18.3. The van der Waals surface area contributed by atoms with Crippen molar-refractivity contribution in [3.05, 3.63) is 34.4 Å². The predicted molar refractivity (Wildman–Crippen MR) is 105 cm³/mol. The van der Waals surface area contributed by atoms with E-state index in [1.54, 1.807) is 0 Å². The number of ether oxygens (including phenoxy) is 1. The van der Waals surface area contributed by atoms with Gasteiger partial charge in [0.2, 0.25) is 0 Å². The van der Waals surface area contributed by atoms with Crippen molar-refractivity contribution in [1.82, 2.24) is 15.3 Å². The second-order valence-corrected chi connectivity index (χ2v) is 7.99. The summed E-state index contributed by atoms with van der Waals surface area (Å²) in [6.45, 7) is 2.94. The van der Waals surface area contributed by atoms with Crippen LogP contribution < -0.4 is 15.6 Å². The minimum absolute atomic E-state index is 0. The van der Waals surface area contributed by atoms with Crippen LogP contribution in [0.3, 0.4) is 0 Å². The van der Waals surface area contributed by atoms with Crippen molar-refractivity contribution in [3.8, 4) is 5.75 Å². The minimum atomic E-state index is -0.0605. The van der Waals surface area contributed by atoms with Crippen molar-refractivity contribution in [3.63, 3.8) is 0 Å². The van der Waals surface area contributed by atoms with Gasteiger partial charge in [-0.25, -0.2) is 4.98 Å². The second kappa shape index (κ2) is 8.23. The smallest absolute Gasteiger partial charge is 0.258 e. The van der Waals surface area contributed by atoms with Crippen LogP contribution in [0, 0.1) is 5.92 Å². The molecule has 0 spiro atoms. The highest BCUT2D eigenvalue weighted by Gasteiger charge is 2.22. The molecule has 4 rings (SSSR count). The van der Waals surface area contributed by atoms with E-state index in [0.29, 0.717) is 16.6 Å². The van der Waals surface area contributed by atoms with Crippen LogP contribution in [0.2, 0.25) is 0 Å². The summed E-state index contributed by atoms with van der Waals surface area (Å²) in [5.41, 5.74) is 0.669. The van der Waals surface area contributed by atoms with E-state index < -0.39 is 0 Å². The molecule has 2 heterocycles. The summed E-state index contributed by atoms with van der Waals surface area (Å²) in [7, 11) is 0. The Morgan fingerprint density at radius 3 is 2.76 bits per heavy atom. The number of thioether (sulfide) groups is 1. The number of benzene rings is 1. The molecule has 1 aliphatic carbocycles. The maximum Gasteiger partial charge on any atom is 0.258 e. The zero-order valence-corrected chi connectivity index (χ0v) is 14.5. The summed E-state index contributed by atoms with van der Waals surface area (Å²) in [5.74, 6) is 3.04. The Bertz CT molecular complexity index is 767. The van der Waals surface area contributed by atoms with Crippen LogP contribution in [-0.4, -0.2) is 34.9 Å². The van der Waals surface area contributed by atoms with Gasteiger partial charge in [-0.3, -0.25) is 4.79 Å². The van der Waals surface area contributed by atoms with E-state index in [-0.39, 0.29) is 13.0 Å². The number of hydrogen-bond donors (Lipinski definition) is 2. The molecule has 0 unspecified atom stereocenters. The van der Waals surface area contributed by atoms with Gasteiger partial charge in [-0.15, -0.1) is 0 Å². The standard InChI is InChI=1S/C18H23N3O2S.CH4/c22-18-15-4-3-13(23-10-12-1-2-12)9-16(15)20-17(21-18)11-24-14-5-7-19-8-6-14;/h3-4,9,12,14,19H,1-2,5-8,10-11H2,(H,20,21,22);1H4. The molecule has 1 saturated carbocycles. The van der Waals surface area contributed by atoms with Gasteiger partial charge in [0.25, 0.3) is 5.56 Å². The molecule has 2 fully saturated rings. The second-order valence-electron chi connectivity index (χ2n) is 6.71. The zero-order valence-electron chi connectivity index (χ0n) is 13.7. The number of nitrogens with zero attached hydrogens (tertiary/aromatic N) is 1. The van der Waals surface area contributed by atoms with E-state index in [0.717, 1.165) is 42.5 Å². The Hall–Kier alpha value is -1.53. The highest BCUT2D eigenvalue weighted by Crippen LogP contribution is 2.30. The molecule has 1 aliphatic heterocycles. The predicted octanol–water partition coefficient (Wildman–Crippen LogP) is 3.33. The van der Waals surface area contributed by atoms with Gasteiger partial charge in [0.15, 0.2) is 0 Å². The molecule has 2 aliphatic rings. The van der Waals surface area contributed by atoms with E-state index in [2.05, 4.69) is 15.3 Å². The number of hydrogen-bond acceptors (Lipinski definition) is 5. The number of nitrogens with one attached hydrogen (secondary N) is 2. The highest BCUT2D eigenvalue weighted by molar-refractivity contribution is 7.99. The first-order valence-electron chi connectivity index (χ1n) is 8.76. The Morgan fingerprint density at radius 1 is 1.20 bits per heavy atom. The van der Waals surface area contributed by atoms with Gasteiger partial charge in [-0.1, -0.05) is 7.43 Å². The average Bonchev–Trinajstić information content (AvgIpc) is 3.43. The lowest BCUT2D eigenvalue weighted by molar-refractivity contribution is 0.300. The zero-order chi connectivity index (χ0) is 16.4. The molecular formula is C19H27N3O2S. The molecule has 136 valence electrons. The molecule has 0 amide bonds. The largest absolute Gasteiger partial charge is 0.493 e. The van der Waals surface area contributed by atoms with E-state index in [1.807, 2.05) is 30.0 Å². The minimum Gasteiger partial charge on any atom is -0.493 e. The van der Waals surface area contributed by atoms with Crippen LogP contribution in [0.1, 0.15) is 38.9 Å². The van der Waals surface area contributed by atoms with Crippen LogP contribution in [0.5, 0.6) is 5.75 Å². The third kappa shape index (κ3) is 4.76. The number of aromatic nitrogens is 2. The first-order valence-corrected chi connectivity index (χ1v) is 9.81. The lowest BCUT2D eigenvalue weighted by atomic mass is 10.2. The number of rotatable bonds is 6. The van der Waals surface area contributed by atoms with Crippen molar-refractivity contribution in [2.45, 2.75) is 44.1 Å². The van der Waals surface area contributed by atoms with Gasteiger partial charge in [0, 0.05) is 11.3 Å². The molecule has 6 heteroatoms. The number of aromatic amines is 1. The molecular weight excluding hydrogens is 334 g/mol. The van der Waals surface area contributed by atoms with Gasteiger partial charge in [-0.2, -0.15) is 11.8 Å². The van der Waals surface area contributed by atoms with Crippen LogP contribution in [0.4, 0.5) is 0 Å². The quantitative estimate of drug-likeness (QED) is 0.826. The van der Waals surface area contributed by atoms with Crippen molar-refractivity contribution < 1.29 is 4.74 Å². The molecule has 0 radical (unpaired) electrons. The summed E-state index contributed by atoms with van der Waals surface area (Å²) in [6.07, 6.45) is 4.90. The Balaban J connectivity index is 0.00000182. The number of fused-ring (bicyclic) bond motifs is 1.